The molecular formula is C15H20N4O4S3. The highest BCUT2D eigenvalue weighted by molar-refractivity contribution is 8.00. The second-order valence-corrected chi connectivity index (χ2v) is 9.12. The van der Waals surface area contributed by atoms with Crippen molar-refractivity contribution < 1.29 is 17.9 Å². The zero-order valence-corrected chi connectivity index (χ0v) is 17.2. The van der Waals surface area contributed by atoms with Crippen LogP contribution in [0.1, 0.15) is 13.8 Å². The average molecular weight is 417 g/mol. The first-order valence-electron chi connectivity index (χ1n) is 7.67. The van der Waals surface area contributed by atoms with Crippen LogP contribution in [0.25, 0.3) is 0 Å². The third-order valence-electron chi connectivity index (χ3n) is 3.30. The minimum absolute atomic E-state index is 0.325. The van der Waals surface area contributed by atoms with Gasteiger partial charge in [0.05, 0.1) is 18.6 Å². The van der Waals surface area contributed by atoms with E-state index < -0.39 is 22.0 Å². The molecule has 0 fully saturated rings. The van der Waals surface area contributed by atoms with E-state index in [-0.39, 0.29) is 0 Å². The highest BCUT2D eigenvalue weighted by Crippen LogP contribution is 2.26. The Morgan fingerprint density at radius 1 is 1.35 bits per heavy atom. The molecule has 26 heavy (non-hydrogen) atoms. The molecule has 0 radical (unpaired) electrons. The Balaban J connectivity index is 2.23. The minimum atomic E-state index is -3.68. The molecule has 1 N–H and O–H groups in total. The lowest BCUT2D eigenvalue weighted by Crippen LogP contribution is -2.45. The van der Waals surface area contributed by atoms with Crippen LogP contribution < -0.4 is 14.4 Å². The van der Waals surface area contributed by atoms with Crippen molar-refractivity contribution in [2.75, 3.05) is 28.7 Å². The van der Waals surface area contributed by atoms with Gasteiger partial charge in [-0.15, -0.1) is 10.2 Å². The SMILES string of the molecule is CCOc1ccc(N(C(C)C(=O)Nc2nnc(SC)s2)S(C)(=O)=O)cc1. The first-order valence-corrected chi connectivity index (χ1v) is 11.6. The number of rotatable bonds is 8. The Hall–Kier alpha value is -1.85. The zero-order chi connectivity index (χ0) is 19.3. The topological polar surface area (TPSA) is 101 Å². The summed E-state index contributed by atoms with van der Waals surface area (Å²) in [5.41, 5.74) is 0.376. The fourth-order valence-corrected chi connectivity index (χ4v) is 4.57. The second-order valence-electron chi connectivity index (χ2n) is 5.23. The lowest BCUT2D eigenvalue weighted by molar-refractivity contribution is -0.116. The summed E-state index contributed by atoms with van der Waals surface area (Å²) in [4.78, 5) is 12.5. The molecule has 8 nitrogen and oxygen atoms in total. The fourth-order valence-electron chi connectivity index (χ4n) is 2.22. The third kappa shape index (κ3) is 5.08. The molecule has 0 aliphatic carbocycles. The van der Waals surface area contributed by atoms with Gasteiger partial charge in [-0.1, -0.05) is 23.1 Å². The Morgan fingerprint density at radius 2 is 2.00 bits per heavy atom. The third-order valence-corrected chi connectivity index (χ3v) is 6.36. The number of nitrogens with one attached hydrogen (secondary N) is 1. The van der Waals surface area contributed by atoms with Gasteiger partial charge in [0.25, 0.3) is 0 Å². The number of amides is 1. The van der Waals surface area contributed by atoms with Crippen molar-refractivity contribution in [1.82, 2.24) is 10.2 Å². The fraction of sp³-hybridized carbons (Fsp3) is 0.400. The van der Waals surface area contributed by atoms with Crippen LogP contribution in [0.15, 0.2) is 28.6 Å². The van der Waals surface area contributed by atoms with Crippen LogP contribution in [0.2, 0.25) is 0 Å². The molecule has 2 aromatic rings. The maximum Gasteiger partial charge on any atom is 0.249 e. The predicted octanol–water partition coefficient (Wildman–Crippen LogP) is 2.45. The summed E-state index contributed by atoms with van der Waals surface area (Å²) in [6.45, 7) is 3.89. The van der Waals surface area contributed by atoms with Gasteiger partial charge in [-0.2, -0.15) is 0 Å². The number of anilines is 2. The van der Waals surface area contributed by atoms with E-state index >= 15 is 0 Å². The van der Waals surface area contributed by atoms with Crippen molar-refractivity contribution >= 4 is 49.8 Å². The number of sulfonamides is 1. The number of benzene rings is 1. The van der Waals surface area contributed by atoms with Crippen LogP contribution in [0, 0.1) is 0 Å². The van der Waals surface area contributed by atoms with Crippen LogP contribution in [0.5, 0.6) is 5.75 Å². The van der Waals surface area contributed by atoms with Crippen molar-refractivity contribution in [3.05, 3.63) is 24.3 Å². The van der Waals surface area contributed by atoms with Gasteiger partial charge in [0.2, 0.25) is 21.1 Å². The number of hydrogen-bond acceptors (Lipinski definition) is 8. The summed E-state index contributed by atoms with van der Waals surface area (Å²) in [5.74, 6) is 0.133. The molecule has 0 saturated heterocycles. The Morgan fingerprint density at radius 3 is 2.50 bits per heavy atom. The summed E-state index contributed by atoms with van der Waals surface area (Å²) in [6.07, 6.45) is 2.91. The van der Waals surface area contributed by atoms with Crippen molar-refractivity contribution in [1.29, 1.82) is 0 Å². The van der Waals surface area contributed by atoms with E-state index in [0.29, 0.717) is 27.5 Å². The minimum Gasteiger partial charge on any atom is -0.494 e. The summed E-state index contributed by atoms with van der Waals surface area (Å²) >= 11 is 2.64. The lowest BCUT2D eigenvalue weighted by atomic mass is 10.2. The predicted molar refractivity (Wildman–Crippen MR) is 105 cm³/mol. The Kier molecular flexibility index (Phi) is 6.84. The Bertz CT molecular complexity index is 852. The number of aromatic nitrogens is 2. The molecule has 1 atom stereocenters. The van der Waals surface area contributed by atoms with Crippen LogP contribution in [-0.2, 0) is 14.8 Å². The zero-order valence-electron chi connectivity index (χ0n) is 14.8. The summed E-state index contributed by atoms with van der Waals surface area (Å²) in [5, 5.41) is 10.7. The number of ether oxygens (including phenoxy) is 1. The number of carbonyl (C=O) groups is 1. The molecule has 1 heterocycles. The van der Waals surface area contributed by atoms with E-state index in [2.05, 4.69) is 15.5 Å². The smallest absolute Gasteiger partial charge is 0.249 e. The summed E-state index contributed by atoms with van der Waals surface area (Å²) in [7, 11) is -3.68. The highest BCUT2D eigenvalue weighted by atomic mass is 32.2. The molecule has 142 valence electrons. The molecule has 0 saturated carbocycles. The summed E-state index contributed by atoms with van der Waals surface area (Å²) in [6, 6.07) is 5.57. The number of nitrogens with zero attached hydrogens (tertiary/aromatic N) is 3. The molecule has 1 unspecified atom stereocenters. The van der Waals surface area contributed by atoms with E-state index in [0.717, 1.165) is 10.6 Å². The van der Waals surface area contributed by atoms with Crippen LogP contribution in [0.3, 0.4) is 0 Å². The molecule has 0 aliphatic rings. The second kappa shape index (κ2) is 8.69. The maximum atomic E-state index is 12.5. The lowest BCUT2D eigenvalue weighted by Gasteiger charge is -2.28. The highest BCUT2D eigenvalue weighted by Gasteiger charge is 2.29. The van der Waals surface area contributed by atoms with E-state index in [4.69, 9.17) is 4.74 Å². The van der Waals surface area contributed by atoms with Crippen molar-refractivity contribution in [3.63, 3.8) is 0 Å². The van der Waals surface area contributed by atoms with Gasteiger partial charge in [-0.05, 0) is 44.4 Å². The van der Waals surface area contributed by atoms with Crippen LogP contribution in [0.4, 0.5) is 10.8 Å². The van der Waals surface area contributed by atoms with Crippen molar-refractivity contribution in [2.24, 2.45) is 0 Å². The molecule has 0 aliphatic heterocycles. The van der Waals surface area contributed by atoms with E-state index in [1.165, 1.54) is 30.0 Å². The van der Waals surface area contributed by atoms with Gasteiger partial charge in [0.15, 0.2) is 4.34 Å². The van der Waals surface area contributed by atoms with Gasteiger partial charge in [0.1, 0.15) is 11.8 Å². The molecule has 11 heteroatoms. The molecule has 1 aromatic heterocycles. The molecule has 1 aromatic carbocycles. The van der Waals surface area contributed by atoms with E-state index in [1.54, 1.807) is 24.3 Å². The average Bonchev–Trinajstić information content (AvgIpc) is 3.03. The molecular weight excluding hydrogens is 396 g/mol. The first kappa shape index (κ1) is 20.5. The van der Waals surface area contributed by atoms with Gasteiger partial charge in [-0.25, -0.2) is 8.42 Å². The van der Waals surface area contributed by atoms with Crippen LogP contribution in [-0.4, -0.2) is 49.7 Å². The van der Waals surface area contributed by atoms with Gasteiger partial charge in [-0.3, -0.25) is 14.4 Å². The van der Waals surface area contributed by atoms with E-state index in [1.807, 2.05) is 13.2 Å². The summed E-state index contributed by atoms with van der Waals surface area (Å²) < 4.78 is 31.7. The molecule has 2 rings (SSSR count). The standard InChI is InChI=1S/C15H20N4O4S3/c1-5-23-12-8-6-11(7-9-12)19(26(4,21)22)10(2)13(20)16-14-17-18-15(24-3)25-14/h6-10H,5H2,1-4H3,(H,16,17,20). The van der Waals surface area contributed by atoms with Crippen molar-refractivity contribution in [3.8, 4) is 5.75 Å². The number of hydrogen-bond donors (Lipinski definition) is 1. The maximum absolute atomic E-state index is 12.5. The first-order chi connectivity index (χ1) is 12.3. The van der Waals surface area contributed by atoms with Crippen LogP contribution >= 0.6 is 23.1 Å². The molecule has 1 amide bonds. The molecule has 0 spiro atoms. The monoisotopic (exact) mass is 416 g/mol. The number of thioether (sulfide) groups is 1. The normalized spacial score (nSPS) is 12.5. The number of carbonyl (C=O) groups excluding carboxylic acids is 1. The largest absolute Gasteiger partial charge is 0.494 e. The van der Waals surface area contributed by atoms with E-state index in [9.17, 15) is 13.2 Å². The van der Waals surface area contributed by atoms with Crippen molar-refractivity contribution in [2.45, 2.75) is 24.2 Å². The van der Waals surface area contributed by atoms with Gasteiger partial charge >= 0.3 is 0 Å². The Labute approximate surface area is 161 Å². The quantitative estimate of drug-likeness (QED) is 0.521. The van der Waals surface area contributed by atoms with Gasteiger partial charge < -0.3 is 4.74 Å². The molecule has 0 bridgehead atoms. The van der Waals surface area contributed by atoms with Gasteiger partial charge in [0, 0.05) is 0 Å².